The zero-order valence-electron chi connectivity index (χ0n) is 6.50. The summed E-state index contributed by atoms with van der Waals surface area (Å²) in [6.07, 6.45) is -1.26. The summed E-state index contributed by atoms with van der Waals surface area (Å²) < 4.78 is 9.17. The predicted molar refractivity (Wildman–Crippen MR) is 38.7 cm³/mol. The second-order valence-corrected chi connectivity index (χ2v) is 1.83. The Bertz CT molecular complexity index is 107. The molecular formula is C6H13NO4. The normalized spacial score (nSPS) is 9.55. The largest absolute Gasteiger partial charge is 0.505 e. The Morgan fingerprint density at radius 2 is 2.18 bits per heavy atom. The van der Waals surface area contributed by atoms with Gasteiger partial charge in [0.25, 0.3) is 0 Å². The molecular weight excluding hydrogens is 150 g/mol. The van der Waals surface area contributed by atoms with Gasteiger partial charge in [-0.25, -0.2) is 4.79 Å². The fourth-order valence-electron chi connectivity index (χ4n) is 0.464. The number of rotatable bonds is 6. The van der Waals surface area contributed by atoms with Gasteiger partial charge in [0.2, 0.25) is 0 Å². The highest BCUT2D eigenvalue weighted by atomic mass is 16.7. The molecule has 0 aromatic carbocycles. The van der Waals surface area contributed by atoms with E-state index in [0.29, 0.717) is 13.2 Å². The number of ether oxygens (including phenoxy) is 2. The minimum Gasteiger partial charge on any atom is -0.450 e. The molecule has 0 aliphatic carbocycles. The van der Waals surface area contributed by atoms with Gasteiger partial charge in [0.1, 0.15) is 6.61 Å². The van der Waals surface area contributed by atoms with Crippen LogP contribution in [0, 0.1) is 0 Å². The fourth-order valence-corrected chi connectivity index (χ4v) is 0.464. The summed E-state index contributed by atoms with van der Waals surface area (Å²) in [5, 5.41) is 10.9. The molecule has 66 valence electrons. The van der Waals surface area contributed by atoms with E-state index in [9.17, 15) is 4.79 Å². The molecule has 0 aliphatic heterocycles. The highest BCUT2D eigenvalue weighted by Crippen LogP contribution is 1.78. The van der Waals surface area contributed by atoms with Crippen molar-refractivity contribution in [3.05, 3.63) is 0 Å². The van der Waals surface area contributed by atoms with Crippen molar-refractivity contribution in [1.29, 1.82) is 0 Å². The van der Waals surface area contributed by atoms with E-state index in [1.165, 1.54) is 0 Å². The van der Waals surface area contributed by atoms with Crippen LogP contribution in [0.4, 0.5) is 4.79 Å². The van der Waals surface area contributed by atoms with E-state index in [1.54, 1.807) is 0 Å². The lowest BCUT2D eigenvalue weighted by Gasteiger charge is -2.02. The first-order chi connectivity index (χ1) is 5.27. The van der Waals surface area contributed by atoms with Crippen LogP contribution in [0.5, 0.6) is 0 Å². The lowest BCUT2D eigenvalue weighted by Crippen LogP contribution is -2.16. The van der Waals surface area contributed by atoms with Gasteiger partial charge in [-0.1, -0.05) is 0 Å². The molecule has 0 saturated heterocycles. The van der Waals surface area contributed by atoms with Crippen LogP contribution < -0.4 is 5.32 Å². The van der Waals surface area contributed by atoms with E-state index in [1.807, 2.05) is 7.05 Å². The van der Waals surface area contributed by atoms with Crippen LogP contribution in [0.3, 0.4) is 0 Å². The van der Waals surface area contributed by atoms with Gasteiger partial charge in [0.05, 0.1) is 13.2 Å². The standard InChI is InChI=1S/C6H13NO4/c1-7-2-3-10-4-5-11-6(8)9/h7H,2-5H2,1H3,(H,8,9). The highest BCUT2D eigenvalue weighted by molar-refractivity contribution is 5.56. The van der Waals surface area contributed by atoms with Gasteiger partial charge < -0.3 is 19.9 Å². The number of carbonyl (C=O) groups is 1. The van der Waals surface area contributed by atoms with Crippen molar-refractivity contribution in [2.75, 3.05) is 33.4 Å². The van der Waals surface area contributed by atoms with Gasteiger partial charge in [-0.15, -0.1) is 0 Å². The van der Waals surface area contributed by atoms with Crippen LogP contribution in [0.2, 0.25) is 0 Å². The molecule has 0 fully saturated rings. The Labute approximate surface area is 65.3 Å². The maximum Gasteiger partial charge on any atom is 0.505 e. The summed E-state index contributed by atoms with van der Waals surface area (Å²) in [7, 11) is 1.82. The van der Waals surface area contributed by atoms with Gasteiger partial charge in [-0.3, -0.25) is 0 Å². The summed E-state index contributed by atoms with van der Waals surface area (Å²) in [4.78, 5) is 9.80. The lowest BCUT2D eigenvalue weighted by atomic mass is 10.7. The first kappa shape index (κ1) is 10.2. The molecule has 0 bridgehead atoms. The molecule has 0 atom stereocenters. The van der Waals surface area contributed by atoms with Crippen LogP contribution in [0.1, 0.15) is 0 Å². The zero-order valence-corrected chi connectivity index (χ0v) is 6.50. The summed E-state index contributed by atoms with van der Waals surface area (Å²) in [5.74, 6) is 0. The van der Waals surface area contributed by atoms with Crippen LogP contribution >= 0.6 is 0 Å². The lowest BCUT2D eigenvalue weighted by molar-refractivity contribution is 0.0489. The molecule has 5 heteroatoms. The molecule has 0 radical (unpaired) electrons. The van der Waals surface area contributed by atoms with Crippen LogP contribution in [0.15, 0.2) is 0 Å². The van der Waals surface area contributed by atoms with E-state index in [2.05, 4.69) is 10.1 Å². The van der Waals surface area contributed by atoms with Crippen molar-refractivity contribution >= 4 is 6.16 Å². The third-order valence-corrected chi connectivity index (χ3v) is 0.950. The summed E-state index contributed by atoms with van der Waals surface area (Å²) in [6, 6.07) is 0. The molecule has 0 aliphatic rings. The number of hydrogen-bond acceptors (Lipinski definition) is 4. The van der Waals surface area contributed by atoms with Crippen LogP contribution in [-0.2, 0) is 9.47 Å². The Morgan fingerprint density at radius 3 is 2.73 bits per heavy atom. The SMILES string of the molecule is CNCCOCCOC(=O)O. The molecule has 11 heavy (non-hydrogen) atoms. The third kappa shape index (κ3) is 9.19. The molecule has 0 spiro atoms. The first-order valence-electron chi connectivity index (χ1n) is 3.35. The van der Waals surface area contributed by atoms with Crippen molar-refractivity contribution in [2.24, 2.45) is 0 Å². The van der Waals surface area contributed by atoms with Gasteiger partial charge in [-0.05, 0) is 7.05 Å². The maximum absolute atomic E-state index is 9.80. The number of carboxylic acid groups (broad SMARTS) is 1. The minimum absolute atomic E-state index is 0.0963. The monoisotopic (exact) mass is 163 g/mol. The number of hydrogen-bond donors (Lipinski definition) is 2. The molecule has 0 amide bonds. The quantitative estimate of drug-likeness (QED) is 0.423. The van der Waals surface area contributed by atoms with E-state index in [-0.39, 0.29) is 6.61 Å². The molecule has 0 aromatic heterocycles. The number of nitrogens with one attached hydrogen (secondary N) is 1. The fraction of sp³-hybridized carbons (Fsp3) is 0.833. The first-order valence-corrected chi connectivity index (χ1v) is 3.35. The smallest absolute Gasteiger partial charge is 0.450 e. The molecule has 0 heterocycles. The van der Waals surface area contributed by atoms with E-state index in [4.69, 9.17) is 9.84 Å². The van der Waals surface area contributed by atoms with Crippen molar-refractivity contribution in [3.63, 3.8) is 0 Å². The Hall–Kier alpha value is -0.810. The highest BCUT2D eigenvalue weighted by Gasteiger charge is 1.94. The molecule has 0 rings (SSSR count). The van der Waals surface area contributed by atoms with Crippen molar-refractivity contribution < 1.29 is 19.4 Å². The molecule has 0 unspecified atom stereocenters. The van der Waals surface area contributed by atoms with Crippen molar-refractivity contribution in [1.82, 2.24) is 5.32 Å². The molecule has 5 nitrogen and oxygen atoms in total. The van der Waals surface area contributed by atoms with E-state index >= 15 is 0 Å². The van der Waals surface area contributed by atoms with Gasteiger partial charge >= 0.3 is 6.16 Å². The second kappa shape index (κ2) is 7.30. The summed E-state index contributed by atoms with van der Waals surface area (Å²) in [5.41, 5.74) is 0. The number of likely N-dealkylation sites (N-methyl/N-ethyl adjacent to an activating group) is 1. The third-order valence-electron chi connectivity index (χ3n) is 0.950. The Balaban J connectivity index is 2.85. The van der Waals surface area contributed by atoms with Gasteiger partial charge in [0.15, 0.2) is 0 Å². The Morgan fingerprint density at radius 1 is 1.45 bits per heavy atom. The minimum atomic E-state index is -1.26. The average molecular weight is 163 g/mol. The predicted octanol–water partition coefficient (Wildman–Crippen LogP) is -0.0830. The molecule has 0 saturated carbocycles. The van der Waals surface area contributed by atoms with Gasteiger partial charge in [-0.2, -0.15) is 0 Å². The van der Waals surface area contributed by atoms with E-state index < -0.39 is 6.16 Å². The maximum atomic E-state index is 9.80. The topological polar surface area (TPSA) is 67.8 Å². The van der Waals surface area contributed by atoms with Crippen molar-refractivity contribution in [3.8, 4) is 0 Å². The van der Waals surface area contributed by atoms with Gasteiger partial charge in [0, 0.05) is 6.54 Å². The summed E-state index contributed by atoms with van der Waals surface area (Å²) in [6.45, 7) is 1.74. The van der Waals surface area contributed by atoms with Crippen LogP contribution in [0.25, 0.3) is 0 Å². The van der Waals surface area contributed by atoms with E-state index in [0.717, 1.165) is 6.54 Å². The second-order valence-electron chi connectivity index (χ2n) is 1.83. The summed E-state index contributed by atoms with van der Waals surface area (Å²) >= 11 is 0. The zero-order chi connectivity index (χ0) is 8.53. The molecule has 2 N–H and O–H groups in total. The van der Waals surface area contributed by atoms with Crippen molar-refractivity contribution in [2.45, 2.75) is 0 Å². The average Bonchev–Trinajstić information content (AvgIpc) is 1.96. The molecule has 0 aromatic rings. The Kier molecular flexibility index (Phi) is 6.76. The van der Waals surface area contributed by atoms with Crippen LogP contribution in [-0.4, -0.2) is 44.7 Å².